The molecule has 0 aliphatic rings. The minimum absolute atomic E-state index is 0.0810. The van der Waals surface area contributed by atoms with Crippen molar-refractivity contribution in [2.75, 3.05) is 7.04 Å². The van der Waals surface area contributed by atoms with Crippen molar-refractivity contribution in [1.29, 1.82) is 0 Å². The standard InChI is InChI=1S/C8H8O2/c1-10-8-5-3-2-4-7(8)6-9/h2-6H,1H3/i1D3. The maximum atomic E-state index is 10.4. The Kier molecular flexibility index (Phi) is 1.13. The van der Waals surface area contributed by atoms with Crippen molar-refractivity contribution in [3.05, 3.63) is 29.8 Å². The SMILES string of the molecule is [2H]C([2H])([2H])Oc1ccccc1C=O. The van der Waals surface area contributed by atoms with Crippen molar-refractivity contribution in [2.45, 2.75) is 0 Å². The van der Waals surface area contributed by atoms with Gasteiger partial charge < -0.3 is 4.74 Å². The highest BCUT2D eigenvalue weighted by molar-refractivity contribution is 5.79. The van der Waals surface area contributed by atoms with Gasteiger partial charge in [-0.1, -0.05) is 12.1 Å². The number of methoxy groups -OCH3 is 1. The molecule has 0 radical (unpaired) electrons. The Morgan fingerprint density at radius 3 is 3.10 bits per heavy atom. The third kappa shape index (κ3) is 1.16. The topological polar surface area (TPSA) is 26.3 Å². The first kappa shape index (κ1) is 3.76. The molecule has 2 heteroatoms. The minimum Gasteiger partial charge on any atom is -0.496 e. The van der Waals surface area contributed by atoms with Gasteiger partial charge in [-0.3, -0.25) is 4.79 Å². The summed E-state index contributed by atoms with van der Waals surface area (Å²) in [6.07, 6.45) is 0.557. The van der Waals surface area contributed by atoms with Crippen LogP contribution in [0.5, 0.6) is 5.75 Å². The van der Waals surface area contributed by atoms with Crippen molar-refractivity contribution in [3.8, 4) is 5.75 Å². The number of carbonyl (C=O) groups is 1. The molecule has 0 amide bonds. The Morgan fingerprint density at radius 2 is 2.40 bits per heavy atom. The lowest BCUT2D eigenvalue weighted by atomic mass is 10.2. The molecule has 0 N–H and O–H groups in total. The molecule has 0 bridgehead atoms. The van der Waals surface area contributed by atoms with Gasteiger partial charge in [-0.15, -0.1) is 0 Å². The van der Waals surface area contributed by atoms with E-state index in [9.17, 15) is 4.79 Å². The van der Waals surface area contributed by atoms with Crippen LogP contribution in [0, 0.1) is 0 Å². The summed E-state index contributed by atoms with van der Waals surface area (Å²) in [6, 6.07) is 6.17. The molecule has 1 aromatic rings. The summed E-state index contributed by atoms with van der Waals surface area (Å²) in [5, 5.41) is 0. The molecule has 0 spiro atoms. The quantitative estimate of drug-likeness (QED) is 0.580. The molecular weight excluding hydrogens is 128 g/mol. The van der Waals surface area contributed by atoms with Gasteiger partial charge in [-0.05, 0) is 12.1 Å². The fraction of sp³-hybridized carbons (Fsp3) is 0.125. The second-order valence-electron chi connectivity index (χ2n) is 1.76. The zero-order valence-corrected chi connectivity index (χ0v) is 5.20. The van der Waals surface area contributed by atoms with Crippen molar-refractivity contribution in [1.82, 2.24) is 0 Å². The summed E-state index contributed by atoms with van der Waals surface area (Å²) >= 11 is 0. The van der Waals surface area contributed by atoms with Crippen LogP contribution in [0.25, 0.3) is 0 Å². The average molecular weight is 139 g/mol. The molecule has 1 aromatic carbocycles. The van der Waals surface area contributed by atoms with Gasteiger partial charge in [0, 0.05) is 0 Å². The van der Waals surface area contributed by atoms with Crippen LogP contribution in [0.1, 0.15) is 14.5 Å². The number of hydrogen-bond donors (Lipinski definition) is 0. The number of hydrogen-bond acceptors (Lipinski definition) is 2. The number of carbonyl (C=O) groups excluding carboxylic acids is 1. The number of para-hydroxylation sites is 1. The molecular formula is C8H8O2. The highest BCUT2D eigenvalue weighted by atomic mass is 16.5. The van der Waals surface area contributed by atoms with Crippen LogP contribution in [-0.4, -0.2) is 13.3 Å². The van der Waals surface area contributed by atoms with Crippen LogP contribution in [-0.2, 0) is 0 Å². The fourth-order valence-electron chi connectivity index (χ4n) is 0.671. The van der Waals surface area contributed by atoms with Crippen molar-refractivity contribution in [3.63, 3.8) is 0 Å². The first-order valence-corrected chi connectivity index (χ1v) is 2.76. The Morgan fingerprint density at radius 1 is 1.60 bits per heavy atom. The molecule has 10 heavy (non-hydrogen) atoms. The van der Waals surface area contributed by atoms with Gasteiger partial charge in [0.05, 0.1) is 16.7 Å². The van der Waals surface area contributed by atoms with Crippen molar-refractivity contribution in [2.24, 2.45) is 0 Å². The summed E-state index contributed by atoms with van der Waals surface area (Å²) in [4.78, 5) is 10.4. The molecule has 0 fully saturated rings. The lowest BCUT2D eigenvalue weighted by Gasteiger charge is -1.99. The van der Waals surface area contributed by atoms with Gasteiger partial charge in [0.2, 0.25) is 0 Å². The maximum absolute atomic E-state index is 10.4. The summed E-state index contributed by atoms with van der Waals surface area (Å²) in [6.45, 7) is 0. The van der Waals surface area contributed by atoms with Gasteiger partial charge in [0.15, 0.2) is 6.29 Å². The number of benzene rings is 1. The smallest absolute Gasteiger partial charge is 0.153 e. The van der Waals surface area contributed by atoms with E-state index in [0.717, 1.165) is 0 Å². The maximum Gasteiger partial charge on any atom is 0.153 e. The highest BCUT2D eigenvalue weighted by Crippen LogP contribution is 2.13. The molecule has 1 rings (SSSR count). The van der Waals surface area contributed by atoms with Gasteiger partial charge in [0.25, 0.3) is 0 Å². The molecule has 52 valence electrons. The zero-order chi connectivity index (χ0) is 9.90. The molecule has 0 aliphatic carbocycles. The Balaban J connectivity index is 2.94. The number of rotatable bonds is 2. The second-order valence-corrected chi connectivity index (χ2v) is 1.76. The van der Waals surface area contributed by atoms with Crippen LogP contribution in [0.15, 0.2) is 24.3 Å². The van der Waals surface area contributed by atoms with Crippen LogP contribution in [0.3, 0.4) is 0 Å². The molecule has 0 aromatic heterocycles. The fourth-order valence-corrected chi connectivity index (χ4v) is 0.671. The minimum atomic E-state index is -2.51. The van der Waals surface area contributed by atoms with Crippen molar-refractivity contribution >= 4 is 6.29 Å². The normalized spacial score (nSPS) is 14.6. The lowest BCUT2D eigenvalue weighted by molar-refractivity contribution is 0.112. The van der Waals surface area contributed by atoms with E-state index in [4.69, 9.17) is 4.11 Å². The van der Waals surface area contributed by atoms with E-state index in [1.54, 1.807) is 12.1 Å². The first-order chi connectivity index (χ1) is 6.03. The summed E-state index contributed by atoms with van der Waals surface area (Å²) in [5.41, 5.74) is 0.235. The Bertz CT molecular complexity index is 307. The lowest BCUT2D eigenvalue weighted by Crippen LogP contribution is -1.88. The van der Waals surface area contributed by atoms with E-state index in [-0.39, 0.29) is 11.3 Å². The highest BCUT2D eigenvalue weighted by Gasteiger charge is 1.96. The van der Waals surface area contributed by atoms with E-state index in [2.05, 4.69) is 4.74 Å². The molecule has 0 saturated carbocycles. The molecule has 0 aliphatic heterocycles. The monoisotopic (exact) mass is 139 g/mol. The molecule has 0 unspecified atom stereocenters. The Hall–Kier alpha value is -1.31. The van der Waals surface area contributed by atoms with Crippen LogP contribution in [0.4, 0.5) is 0 Å². The number of ether oxygens (including phenoxy) is 1. The Labute approximate surface area is 63.7 Å². The molecule has 0 heterocycles. The van der Waals surface area contributed by atoms with Crippen LogP contribution in [0.2, 0.25) is 0 Å². The van der Waals surface area contributed by atoms with E-state index in [1.165, 1.54) is 12.1 Å². The first-order valence-electron chi connectivity index (χ1n) is 4.26. The van der Waals surface area contributed by atoms with E-state index >= 15 is 0 Å². The average Bonchev–Trinajstić information content (AvgIpc) is 2.02. The van der Waals surface area contributed by atoms with Crippen molar-refractivity contribution < 1.29 is 13.6 Å². The van der Waals surface area contributed by atoms with Gasteiger partial charge in [0.1, 0.15) is 5.75 Å². The van der Waals surface area contributed by atoms with Crippen LogP contribution < -0.4 is 4.74 Å². The van der Waals surface area contributed by atoms with Gasteiger partial charge in [-0.2, -0.15) is 0 Å². The molecule has 0 atom stereocenters. The second kappa shape index (κ2) is 3.01. The predicted octanol–water partition coefficient (Wildman–Crippen LogP) is 1.51. The third-order valence-corrected chi connectivity index (χ3v) is 1.16. The third-order valence-electron chi connectivity index (χ3n) is 1.16. The summed E-state index contributed by atoms with van der Waals surface area (Å²) in [5.74, 6) is 0.0810. The summed E-state index contributed by atoms with van der Waals surface area (Å²) < 4.78 is 25.1. The molecule has 0 saturated heterocycles. The van der Waals surface area contributed by atoms with E-state index in [1.807, 2.05) is 0 Å². The molecule has 2 nitrogen and oxygen atoms in total. The zero-order valence-electron chi connectivity index (χ0n) is 8.20. The largest absolute Gasteiger partial charge is 0.496 e. The predicted molar refractivity (Wildman–Crippen MR) is 38.4 cm³/mol. The van der Waals surface area contributed by atoms with Crippen LogP contribution >= 0.6 is 0 Å². The van der Waals surface area contributed by atoms with Gasteiger partial charge in [-0.25, -0.2) is 0 Å². The summed E-state index contributed by atoms with van der Waals surface area (Å²) in [7, 11) is -2.51. The van der Waals surface area contributed by atoms with E-state index < -0.39 is 7.04 Å². The van der Waals surface area contributed by atoms with Gasteiger partial charge >= 0.3 is 0 Å². The number of aldehydes is 1. The van der Waals surface area contributed by atoms with E-state index in [0.29, 0.717) is 6.29 Å².